The van der Waals surface area contributed by atoms with E-state index in [4.69, 9.17) is 4.42 Å². The standard InChI is InChI=1S/C49H35NO/c1-49(2)43-22-12-11-18-38(43)39-29-28-36(30-44(39)49)50(35-26-24-33(25-27-35)32-14-5-3-6-15-32)45-31-42-47-37(34-16-7-4-8-17-34)21-13-23-46(47)51-48(42)41-20-10-9-19-40(41)45/h3-31H,1-2H3. The first kappa shape index (κ1) is 29.5. The Morgan fingerprint density at radius 2 is 1.04 bits per heavy atom. The van der Waals surface area contributed by atoms with Gasteiger partial charge >= 0.3 is 0 Å². The molecule has 8 aromatic carbocycles. The van der Waals surface area contributed by atoms with Crippen LogP contribution in [0.4, 0.5) is 17.1 Å². The summed E-state index contributed by atoms with van der Waals surface area (Å²) in [6.07, 6.45) is 0. The van der Waals surface area contributed by atoms with Crippen LogP contribution in [0.25, 0.3) is 66.1 Å². The van der Waals surface area contributed by atoms with Crippen molar-refractivity contribution in [2.45, 2.75) is 19.3 Å². The molecule has 1 aliphatic rings. The van der Waals surface area contributed by atoms with Gasteiger partial charge in [-0.1, -0.05) is 153 Å². The fourth-order valence-corrected chi connectivity index (χ4v) is 8.36. The van der Waals surface area contributed by atoms with E-state index in [-0.39, 0.29) is 5.41 Å². The summed E-state index contributed by atoms with van der Waals surface area (Å²) >= 11 is 0. The Morgan fingerprint density at radius 3 is 1.82 bits per heavy atom. The molecule has 51 heavy (non-hydrogen) atoms. The van der Waals surface area contributed by atoms with Crippen molar-refractivity contribution in [1.82, 2.24) is 0 Å². The third-order valence-electron chi connectivity index (χ3n) is 10.9. The highest BCUT2D eigenvalue weighted by Crippen LogP contribution is 2.52. The summed E-state index contributed by atoms with van der Waals surface area (Å²) in [6.45, 7) is 4.70. The van der Waals surface area contributed by atoms with E-state index < -0.39 is 0 Å². The molecule has 1 heterocycles. The third-order valence-corrected chi connectivity index (χ3v) is 10.9. The summed E-state index contributed by atoms with van der Waals surface area (Å²) in [4.78, 5) is 2.44. The zero-order valence-electron chi connectivity index (χ0n) is 28.6. The maximum Gasteiger partial charge on any atom is 0.143 e. The molecule has 2 heteroatoms. The van der Waals surface area contributed by atoms with Crippen molar-refractivity contribution in [1.29, 1.82) is 0 Å². The molecule has 0 spiro atoms. The van der Waals surface area contributed by atoms with Crippen molar-refractivity contribution < 1.29 is 4.42 Å². The minimum atomic E-state index is -0.123. The average molecular weight is 654 g/mol. The molecule has 0 saturated carbocycles. The summed E-state index contributed by atoms with van der Waals surface area (Å²) in [6, 6.07) is 63.6. The number of rotatable bonds is 5. The van der Waals surface area contributed by atoms with Crippen LogP contribution in [0.15, 0.2) is 180 Å². The zero-order valence-corrected chi connectivity index (χ0v) is 28.6. The smallest absolute Gasteiger partial charge is 0.143 e. The van der Waals surface area contributed by atoms with Crippen molar-refractivity contribution >= 4 is 49.8 Å². The van der Waals surface area contributed by atoms with Gasteiger partial charge in [0.05, 0.1) is 5.69 Å². The molecule has 10 rings (SSSR count). The van der Waals surface area contributed by atoms with Gasteiger partial charge in [0.15, 0.2) is 0 Å². The highest BCUT2D eigenvalue weighted by molar-refractivity contribution is 6.22. The van der Waals surface area contributed by atoms with Gasteiger partial charge in [0.25, 0.3) is 0 Å². The Hall–Kier alpha value is -6.38. The number of hydrogen-bond acceptors (Lipinski definition) is 2. The van der Waals surface area contributed by atoms with Crippen LogP contribution in [0, 0.1) is 0 Å². The topological polar surface area (TPSA) is 16.4 Å². The number of nitrogens with zero attached hydrogens (tertiary/aromatic N) is 1. The third kappa shape index (κ3) is 4.57. The summed E-state index contributed by atoms with van der Waals surface area (Å²) in [5.41, 5.74) is 15.1. The van der Waals surface area contributed by atoms with E-state index >= 15 is 0 Å². The van der Waals surface area contributed by atoms with Gasteiger partial charge in [-0.3, -0.25) is 0 Å². The molecule has 0 unspecified atom stereocenters. The molecule has 2 nitrogen and oxygen atoms in total. The van der Waals surface area contributed by atoms with E-state index in [2.05, 4.69) is 195 Å². The first-order valence-corrected chi connectivity index (χ1v) is 17.7. The molecular weight excluding hydrogens is 619 g/mol. The second-order valence-corrected chi connectivity index (χ2v) is 14.1. The molecule has 1 aromatic heterocycles. The predicted molar refractivity (Wildman–Crippen MR) is 214 cm³/mol. The maximum absolute atomic E-state index is 6.74. The lowest BCUT2D eigenvalue weighted by atomic mass is 9.82. The summed E-state index contributed by atoms with van der Waals surface area (Å²) in [5.74, 6) is 0. The number of anilines is 3. The van der Waals surface area contributed by atoms with E-state index in [0.29, 0.717) is 0 Å². The highest BCUT2D eigenvalue weighted by Gasteiger charge is 2.36. The zero-order chi connectivity index (χ0) is 34.1. The minimum Gasteiger partial charge on any atom is -0.455 e. The van der Waals surface area contributed by atoms with Crippen LogP contribution in [-0.2, 0) is 5.41 Å². The fourth-order valence-electron chi connectivity index (χ4n) is 8.36. The van der Waals surface area contributed by atoms with E-state index in [1.54, 1.807) is 0 Å². The van der Waals surface area contributed by atoms with Gasteiger partial charge < -0.3 is 9.32 Å². The van der Waals surface area contributed by atoms with Crippen molar-refractivity contribution in [3.05, 3.63) is 187 Å². The summed E-state index contributed by atoms with van der Waals surface area (Å²) in [5, 5.41) is 4.48. The van der Waals surface area contributed by atoms with Gasteiger partial charge in [0.2, 0.25) is 0 Å². The van der Waals surface area contributed by atoms with Crippen molar-refractivity contribution in [2.75, 3.05) is 4.90 Å². The van der Waals surface area contributed by atoms with E-state index in [0.717, 1.165) is 49.8 Å². The Bertz CT molecular complexity index is 2760. The first-order valence-electron chi connectivity index (χ1n) is 17.7. The maximum atomic E-state index is 6.74. The highest BCUT2D eigenvalue weighted by atomic mass is 16.3. The van der Waals surface area contributed by atoms with Gasteiger partial charge in [-0.2, -0.15) is 0 Å². The molecule has 0 aliphatic heterocycles. The molecule has 0 atom stereocenters. The van der Waals surface area contributed by atoms with Crippen LogP contribution >= 0.6 is 0 Å². The number of hydrogen-bond donors (Lipinski definition) is 0. The molecular formula is C49H35NO. The molecule has 0 N–H and O–H groups in total. The predicted octanol–water partition coefficient (Wildman–Crippen LogP) is 13.8. The van der Waals surface area contributed by atoms with E-state index in [9.17, 15) is 0 Å². The van der Waals surface area contributed by atoms with Gasteiger partial charge in [-0.25, -0.2) is 0 Å². The second kappa shape index (κ2) is 11.3. The van der Waals surface area contributed by atoms with Crippen LogP contribution in [0.1, 0.15) is 25.0 Å². The van der Waals surface area contributed by atoms with Crippen molar-refractivity contribution in [2.24, 2.45) is 0 Å². The molecule has 0 fully saturated rings. The van der Waals surface area contributed by atoms with Gasteiger partial charge in [0.1, 0.15) is 11.2 Å². The molecule has 0 radical (unpaired) electrons. The monoisotopic (exact) mass is 653 g/mol. The van der Waals surface area contributed by atoms with Gasteiger partial charge in [0, 0.05) is 38.3 Å². The fraction of sp³-hybridized carbons (Fsp3) is 0.0612. The Labute approximate surface area is 297 Å². The van der Waals surface area contributed by atoms with Gasteiger partial charge in [-0.15, -0.1) is 0 Å². The Morgan fingerprint density at radius 1 is 0.431 bits per heavy atom. The quantitative estimate of drug-likeness (QED) is 0.184. The lowest BCUT2D eigenvalue weighted by Gasteiger charge is -2.29. The van der Waals surface area contributed by atoms with Gasteiger partial charge in [-0.05, 0) is 80.9 Å². The minimum absolute atomic E-state index is 0.123. The lowest BCUT2D eigenvalue weighted by molar-refractivity contribution is 0.660. The van der Waals surface area contributed by atoms with Crippen LogP contribution in [-0.4, -0.2) is 0 Å². The normalized spacial score (nSPS) is 13.1. The van der Waals surface area contributed by atoms with Crippen LogP contribution in [0.2, 0.25) is 0 Å². The SMILES string of the molecule is CC1(C)c2ccccc2-c2ccc(N(c3ccc(-c4ccccc4)cc3)c3cc4c(oc5cccc(-c6ccccc6)c54)c4ccccc34)cc21. The second-order valence-electron chi connectivity index (χ2n) is 14.1. The van der Waals surface area contributed by atoms with E-state index in [1.165, 1.54) is 44.5 Å². The molecule has 0 saturated heterocycles. The van der Waals surface area contributed by atoms with Crippen LogP contribution < -0.4 is 4.90 Å². The molecule has 1 aliphatic carbocycles. The Kier molecular flexibility index (Phi) is 6.56. The first-order chi connectivity index (χ1) is 25.1. The van der Waals surface area contributed by atoms with Crippen LogP contribution in [0.3, 0.4) is 0 Å². The average Bonchev–Trinajstić information content (AvgIpc) is 3.68. The van der Waals surface area contributed by atoms with Crippen molar-refractivity contribution in [3.63, 3.8) is 0 Å². The summed E-state index contributed by atoms with van der Waals surface area (Å²) < 4.78 is 6.74. The largest absolute Gasteiger partial charge is 0.455 e. The molecule has 242 valence electrons. The Balaban J connectivity index is 1.26. The van der Waals surface area contributed by atoms with Crippen molar-refractivity contribution in [3.8, 4) is 33.4 Å². The molecule has 0 bridgehead atoms. The molecule has 9 aromatic rings. The molecule has 0 amide bonds. The van der Waals surface area contributed by atoms with E-state index in [1.807, 2.05) is 0 Å². The number of benzene rings is 8. The summed E-state index contributed by atoms with van der Waals surface area (Å²) in [7, 11) is 0. The number of furan rings is 1. The lowest BCUT2D eigenvalue weighted by Crippen LogP contribution is -2.16. The number of fused-ring (bicyclic) bond motifs is 8. The van der Waals surface area contributed by atoms with Crippen LogP contribution in [0.5, 0.6) is 0 Å².